The predicted octanol–water partition coefficient (Wildman–Crippen LogP) is -4.11. The van der Waals surface area contributed by atoms with E-state index in [1.54, 1.807) is 0 Å². The van der Waals surface area contributed by atoms with Gasteiger partial charge < -0.3 is 64.6 Å². The number of amides is 2. The second-order valence-electron chi connectivity index (χ2n) is 11.3. The summed E-state index contributed by atoms with van der Waals surface area (Å²) >= 11 is 0. The Morgan fingerprint density at radius 3 is 2.13 bits per heavy atom. The smallest absolute Gasteiger partial charge is 0.489 e. The van der Waals surface area contributed by atoms with Crippen LogP contribution in [0.5, 0.6) is 0 Å². The van der Waals surface area contributed by atoms with Gasteiger partial charge in [0, 0.05) is 6.08 Å². The minimum absolute atomic E-state index is 0.0391. The standard InChI is InChI=1S/C20H30N7O23P5/c21-17-11-18(23-5-22-17)27(6-24-11)20-15(32)13(30)9(47-20)4-44-53(38,39)48-51(34,35)26-52(36,37)49-55(42,43)50-54(40,41)45-3-8-12(29)14(31)16(46-8)7-1-2-10(28)25-19(7)33/h1-2,5-9,12-16,20,29-32H,3-4H2,(H,38,39)(H,40,41)(H,42,43)(H2,21,22,23)(H,25,28,33)(H3,26,34,35,36,37)/p-1/t7?,8-,9-,12?,13?,14?,15?,16-,20-/m1/s1. The number of nitrogen functional groups attached to an aromatic ring is 1. The molecular weight excluding hydrogens is 861 g/mol. The van der Waals surface area contributed by atoms with Crippen molar-refractivity contribution in [3.63, 3.8) is 0 Å². The van der Waals surface area contributed by atoms with Crippen LogP contribution in [0.2, 0.25) is 0 Å². The number of carbonyl (C=O) groups is 2. The third-order valence-electron chi connectivity index (χ3n) is 7.44. The molecule has 0 radical (unpaired) electrons. The highest BCUT2D eigenvalue weighted by atomic mass is 31.3. The second-order valence-corrected chi connectivity index (χ2v) is 19.5. The lowest BCUT2D eigenvalue weighted by atomic mass is 9.93. The third-order valence-corrected chi connectivity index (χ3v) is 15.4. The van der Waals surface area contributed by atoms with Crippen LogP contribution >= 0.6 is 39.0 Å². The monoisotopic (exact) mass is 890 g/mol. The molecule has 0 saturated carbocycles. The fourth-order valence-corrected chi connectivity index (χ4v) is 12.0. The number of nitrogens with zero attached hydrogens (tertiary/aromatic N) is 4. The molecule has 30 nitrogen and oxygen atoms in total. The number of phosphoric acid groups is 3. The molecule has 12 N–H and O–H groups in total. The molecule has 2 saturated heterocycles. The Labute approximate surface area is 304 Å². The summed E-state index contributed by atoms with van der Waals surface area (Å²) in [5.74, 6) is -3.08. The Morgan fingerprint density at radius 1 is 0.836 bits per heavy atom. The number of phosphoric ester groups is 2. The summed E-state index contributed by atoms with van der Waals surface area (Å²) in [6.45, 7) is -2.44. The van der Waals surface area contributed by atoms with Gasteiger partial charge in [-0.3, -0.25) is 28.6 Å². The molecule has 0 aliphatic carbocycles. The molecule has 2 aromatic heterocycles. The summed E-state index contributed by atoms with van der Waals surface area (Å²) in [5.41, 5.74) is 5.82. The van der Waals surface area contributed by atoms with Crippen molar-refractivity contribution in [2.75, 3.05) is 18.9 Å². The molecule has 308 valence electrons. The van der Waals surface area contributed by atoms with E-state index in [2.05, 4.69) is 36.9 Å². The summed E-state index contributed by atoms with van der Waals surface area (Å²) in [6, 6.07) is 0. The average Bonchev–Trinajstić information content (AvgIpc) is 3.67. The summed E-state index contributed by atoms with van der Waals surface area (Å²) in [5, 5.41) is 43.2. The largest absolute Gasteiger partial charge is 0.756 e. The van der Waals surface area contributed by atoms with Crippen molar-refractivity contribution < 1.29 is 109 Å². The average molecular weight is 890 g/mol. The van der Waals surface area contributed by atoms with Crippen LogP contribution in [0.3, 0.4) is 0 Å². The van der Waals surface area contributed by atoms with Crippen LogP contribution in [0.25, 0.3) is 11.2 Å². The number of aliphatic hydroxyl groups is 4. The highest BCUT2D eigenvalue weighted by molar-refractivity contribution is 7.74. The first-order valence-corrected chi connectivity index (χ1v) is 22.2. The molecule has 0 bridgehead atoms. The quantitative estimate of drug-likeness (QED) is 0.0563. The maximum absolute atomic E-state index is 12.3. The van der Waals surface area contributed by atoms with E-state index in [9.17, 15) is 77.3 Å². The molecule has 2 aromatic rings. The topological polar surface area (TPSA) is 463 Å². The van der Waals surface area contributed by atoms with Gasteiger partial charge in [-0.2, -0.15) is 8.62 Å². The number of aromatic nitrogens is 4. The van der Waals surface area contributed by atoms with Crippen LogP contribution in [0.1, 0.15) is 6.23 Å². The van der Waals surface area contributed by atoms with Gasteiger partial charge >= 0.3 is 31.1 Å². The lowest BCUT2D eigenvalue weighted by molar-refractivity contribution is -0.220. The first-order valence-electron chi connectivity index (χ1n) is 14.6. The lowest BCUT2D eigenvalue weighted by Gasteiger charge is -2.27. The van der Waals surface area contributed by atoms with Gasteiger partial charge in [0.05, 0.1) is 25.5 Å². The first-order chi connectivity index (χ1) is 25.3. The summed E-state index contributed by atoms with van der Waals surface area (Å²) < 4.78 is 93.4. The van der Waals surface area contributed by atoms with Crippen molar-refractivity contribution in [2.45, 2.75) is 49.0 Å². The number of aliphatic hydroxyl groups excluding tert-OH is 4. The molecule has 5 rings (SSSR count). The molecule has 3 aliphatic rings. The van der Waals surface area contributed by atoms with Crippen LogP contribution < -0.4 is 20.8 Å². The van der Waals surface area contributed by atoms with Gasteiger partial charge in [0.1, 0.15) is 54.6 Å². The van der Waals surface area contributed by atoms with Gasteiger partial charge in [0.2, 0.25) is 11.8 Å². The number of nitrogens with two attached hydrogens (primary N) is 1. The molecule has 3 aliphatic heterocycles. The number of ether oxygens (including phenoxy) is 2. The number of fused-ring (bicyclic) bond motifs is 1. The van der Waals surface area contributed by atoms with E-state index in [0.717, 1.165) is 29.4 Å². The molecule has 0 spiro atoms. The van der Waals surface area contributed by atoms with E-state index in [-0.39, 0.29) is 17.0 Å². The van der Waals surface area contributed by atoms with Crippen molar-refractivity contribution in [3.8, 4) is 0 Å². The molecule has 0 aromatic carbocycles. The molecule has 35 heteroatoms. The number of rotatable bonds is 16. The van der Waals surface area contributed by atoms with E-state index < -0.39 is 119 Å². The third kappa shape index (κ3) is 10.6. The number of hydrogen-bond donors (Lipinski definition) is 11. The summed E-state index contributed by atoms with van der Waals surface area (Å²) in [4.78, 5) is 87.2. The molecule has 14 atom stereocenters. The molecular formula is C20H29N7O23P5-. The zero-order chi connectivity index (χ0) is 40.9. The number of imide groups is 1. The van der Waals surface area contributed by atoms with Crippen LogP contribution in [-0.4, -0.2) is 127 Å². The van der Waals surface area contributed by atoms with Gasteiger partial charge in [-0.1, -0.05) is 6.08 Å². The van der Waals surface area contributed by atoms with Crippen molar-refractivity contribution in [3.05, 3.63) is 24.8 Å². The maximum Gasteiger partial charge on any atom is 0.489 e. The number of nitrogens with one attached hydrogen (secondary N) is 2. The van der Waals surface area contributed by atoms with Crippen LogP contribution in [0, 0.1) is 5.92 Å². The predicted molar refractivity (Wildman–Crippen MR) is 167 cm³/mol. The van der Waals surface area contributed by atoms with E-state index >= 15 is 0 Å². The Kier molecular flexibility index (Phi) is 12.9. The number of anilines is 1. The highest BCUT2D eigenvalue weighted by Gasteiger charge is 2.51. The van der Waals surface area contributed by atoms with Crippen molar-refractivity contribution >= 4 is 67.8 Å². The molecule has 10 unspecified atom stereocenters. The Morgan fingerprint density at radius 2 is 1.45 bits per heavy atom. The van der Waals surface area contributed by atoms with Crippen LogP contribution in [0.4, 0.5) is 5.82 Å². The molecule has 2 amide bonds. The summed E-state index contributed by atoms with van der Waals surface area (Å²) in [7, 11) is -30.6. The van der Waals surface area contributed by atoms with Gasteiger partial charge in [-0.15, -0.1) is 4.86 Å². The molecule has 5 heterocycles. The first kappa shape index (κ1) is 43.8. The number of imidazole rings is 1. The fourth-order valence-electron chi connectivity index (χ4n) is 5.15. The highest BCUT2D eigenvalue weighted by Crippen LogP contribution is 2.69. The van der Waals surface area contributed by atoms with Gasteiger partial charge in [0.15, 0.2) is 17.7 Å². The fraction of sp³-hybridized carbons (Fsp3) is 0.550. The molecule has 55 heavy (non-hydrogen) atoms. The SMILES string of the molecule is Nc1ncnc2c1ncn2[C@@H]1O[C@H](COP(=O)([O-])OP(=O)(O)NP(=O)(O)OP(=O)(O)OP(=O)(O)OC[C@H]2O[C@H](C3C=CC(=O)NC3=O)C(O)C2O)C(O)C1O. The number of hydrogen-bond acceptors (Lipinski definition) is 23. The zero-order valence-corrected chi connectivity index (χ0v) is 31.2. The van der Waals surface area contributed by atoms with Crippen LogP contribution in [-0.2, 0) is 63.9 Å². The van der Waals surface area contributed by atoms with Crippen molar-refractivity contribution in [1.82, 2.24) is 29.7 Å². The second kappa shape index (κ2) is 16.2. The maximum atomic E-state index is 12.3. The van der Waals surface area contributed by atoms with Gasteiger partial charge in [0.25, 0.3) is 7.82 Å². The summed E-state index contributed by atoms with van der Waals surface area (Å²) in [6.07, 6.45) is -9.65. The van der Waals surface area contributed by atoms with Crippen molar-refractivity contribution in [2.24, 2.45) is 5.92 Å². The Hall–Kier alpha value is -2.30. The van der Waals surface area contributed by atoms with E-state index in [4.69, 9.17) is 15.2 Å². The van der Waals surface area contributed by atoms with E-state index in [1.807, 2.05) is 5.32 Å². The Bertz CT molecular complexity index is 2090. The van der Waals surface area contributed by atoms with Crippen molar-refractivity contribution in [1.29, 1.82) is 0 Å². The minimum Gasteiger partial charge on any atom is -0.756 e. The normalized spacial score (nSPS) is 34.0. The number of carbonyl (C=O) groups excluding carboxylic acids is 2. The zero-order valence-electron chi connectivity index (χ0n) is 26.7. The van der Waals surface area contributed by atoms with Crippen LogP contribution in [0.15, 0.2) is 24.8 Å². The minimum atomic E-state index is -6.31. The Balaban J connectivity index is 1.12. The lowest BCUT2D eigenvalue weighted by Crippen LogP contribution is -2.46. The van der Waals surface area contributed by atoms with Gasteiger partial charge in [-0.25, -0.2) is 37.5 Å². The van der Waals surface area contributed by atoms with E-state index in [0.29, 0.717) is 4.86 Å². The van der Waals surface area contributed by atoms with E-state index in [1.165, 1.54) is 0 Å². The molecule has 2 fully saturated rings. The van der Waals surface area contributed by atoms with Gasteiger partial charge in [-0.05, 0) is 0 Å².